The first kappa shape index (κ1) is 11.2. The molecule has 1 aromatic heterocycles. The number of halogens is 2. The molecule has 0 unspecified atom stereocenters. The molecule has 2 N–H and O–H groups in total. The highest BCUT2D eigenvalue weighted by Crippen LogP contribution is 2.28. The Balaban J connectivity index is 2.52. The maximum Gasteiger partial charge on any atom is 0.134 e. The molecule has 84 valence electrons. The van der Waals surface area contributed by atoms with Crippen LogP contribution in [-0.4, -0.2) is 0 Å². The third-order valence-corrected chi connectivity index (χ3v) is 3.44. The second-order valence-electron chi connectivity index (χ2n) is 3.59. The summed E-state index contributed by atoms with van der Waals surface area (Å²) in [6.45, 7) is 1.60. The van der Waals surface area contributed by atoms with Gasteiger partial charge in [0.1, 0.15) is 11.6 Å². The minimum Gasteiger partial charge on any atom is -0.319 e. The van der Waals surface area contributed by atoms with Crippen LogP contribution in [0, 0.1) is 18.6 Å². The molecule has 4 heteroatoms. The fourth-order valence-corrected chi connectivity index (χ4v) is 2.31. The fourth-order valence-electron chi connectivity index (χ4n) is 1.57. The largest absolute Gasteiger partial charge is 0.319 e. The number of hydrogen-bond acceptors (Lipinski definition) is 2. The van der Waals surface area contributed by atoms with Gasteiger partial charge in [0, 0.05) is 10.4 Å². The van der Waals surface area contributed by atoms with Gasteiger partial charge < -0.3 is 5.73 Å². The van der Waals surface area contributed by atoms with Crippen LogP contribution in [0.4, 0.5) is 8.78 Å². The maximum atomic E-state index is 13.8. The zero-order valence-electron chi connectivity index (χ0n) is 8.71. The first-order valence-corrected chi connectivity index (χ1v) is 5.72. The van der Waals surface area contributed by atoms with Gasteiger partial charge in [0.15, 0.2) is 0 Å². The van der Waals surface area contributed by atoms with Crippen LogP contribution in [0.2, 0.25) is 0 Å². The Morgan fingerprint density at radius 1 is 1.25 bits per heavy atom. The van der Waals surface area contributed by atoms with E-state index in [4.69, 9.17) is 5.73 Å². The van der Waals surface area contributed by atoms with Gasteiger partial charge >= 0.3 is 0 Å². The van der Waals surface area contributed by atoms with Gasteiger partial charge in [-0.25, -0.2) is 8.78 Å². The van der Waals surface area contributed by atoms with Crippen molar-refractivity contribution in [2.24, 2.45) is 5.73 Å². The summed E-state index contributed by atoms with van der Waals surface area (Å²) in [5, 5.41) is 1.83. The molecule has 0 aliphatic carbocycles. The summed E-state index contributed by atoms with van der Waals surface area (Å²) in [7, 11) is 0. The third kappa shape index (κ3) is 1.86. The molecule has 1 heterocycles. The van der Waals surface area contributed by atoms with Crippen LogP contribution >= 0.6 is 11.3 Å². The quantitative estimate of drug-likeness (QED) is 0.854. The van der Waals surface area contributed by atoms with Gasteiger partial charge in [-0.3, -0.25) is 0 Å². The van der Waals surface area contributed by atoms with Crippen LogP contribution in [0.5, 0.6) is 0 Å². The van der Waals surface area contributed by atoms with Crippen molar-refractivity contribution in [3.8, 4) is 0 Å². The van der Waals surface area contributed by atoms with Gasteiger partial charge in [0.05, 0.1) is 6.04 Å². The maximum absolute atomic E-state index is 13.8. The lowest BCUT2D eigenvalue weighted by atomic mass is 10.0. The normalized spacial score (nSPS) is 12.8. The van der Waals surface area contributed by atoms with Crippen LogP contribution < -0.4 is 5.73 Å². The second kappa shape index (κ2) is 4.31. The molecule has 0 bridgehead atoms. The molecule has 1 aromatic carbocycles. The second-order valence-corrected chi connectivity index (χ2v) is 4.56. The Hall–Kier alpha value is -1.26. The Labute approximate surface area is 96.5 Å². The minimum absolute atomic E-state index is 0.0533. The summed E-state index contributed by atoms with van der Waals surface area (Å²) in [4.78, 5) is 0.753. The van der Waals surface area contributed by atoms with Crippen molar-refractivity contribution in [3.05, 3.63) is 57.3 Å². The van der Waals surface area contributed by atoms with Crippen LogP contribution in [0.25, 0.3) is 0 Å². The molecule has 0 saturated heterocycles. The number of aryl methyl sites for hydroxylation is 1. The average molecular weight is 239 g/mol. The predicted octanol–water partition coefficient (Wildman–Crippen LogP) is 3.38. The molecule has 0 amide bonds. The first-order chi connectivity index (χ1) is 7.61. The van der Waals surface area contributed by atoms with Gasteiger partial charge in [-0.15, -0.1) is 11.3 Å². The Morgan fingerprint density at radius 3 is 2.62 bits per heavy atom. The van der Waals surface area contributed by atoms with Gasteiger partial charge in [0.2, 0.25) is 0 Å². The number of thiophene rings is 1. The minimum atomic E-state index is -0.736. The summed E-state index contributed by atoms with van der Waals surface area (Å²) < 4.78 is 27.3. The van der Waals surface area contributed by atoms with Gasteiger partial charge in [-0.1, -0.05) is 12.1 Å². The van der Waals surface area contributed by atoms with Crippen LogP contribution in [0.3, 0.4) is 0 Å². The molecule has 0 radical (unpaired) electrons. The highest BCUT2D eigenvalue weighted by Gasteiger charge is 2.20. The monoisotopic (exact) mass is 239 g/mol. The molecule has 16 heavy (non-hydrogen) atoms. The van der Waals surface area contributed by atoms with E-state index in [1.165, 1.54) is 23.5 Å². The van der Waals surface area contributed by atoms with Crippen molar-refractivity contribution >= 4 is 11.3 Å². The van der Waals surface area contributed by atoms with Crippen molar-refractivity contribution in [1.29, 1.82) is 0 Å². The lowest BCUT2D eigenvalue weighted by molar-refractivity contribution is 0.539. The van der Waals surface area contributed by atoms with Crippen molar-refractivity contribution in [3.63, 3.8) is 0 Å². The summed E-state index contributed by atoms with van der Waals surface area (Å²) in [6.07, 6.45) is 0. The molecular weight excluding hydrogens is 228 g/mol. The Bertz CT molecular complexity index is 494. The van der Waals surface area contributed by atoms with E-state index in [9.17, 15) is 8.78 Å². The number of hydrogen-bond donors (Lipinski definition) is 1. The van der Waals surface area contributed by atoms with E-state index >= 15 is 0 Å². The zero-order chi connectivity index (χ0) is 11.7. The van der Waals surface area contributed by atoms with Crippen LogP contribution in [-0.2, 0) is 0 Å². The van der Waals surface area contributed by atoms with Gasteiger partial charge in [0.25, 0.3) is 0 Å². The van der Waals surface area contributed by atoms with E-state index in [0.29, 0.717) is 5.56 Å². The van der Waals surface area contributed by atoms with E-state index < -0.39 is 17.7 Å². The van der Waals surface area contributed by atoms with E-state index in [1.807, 2.05) is 11.4 Å². The molecule has 0 spiro atoms. The standard InChI is InChI=1S/C12H11F2NS/c1-7-4-5-8(13)10(11(7)14)12(15)9-3-2-6-16-9/h2-6,12H,15H2,1H3/t12-/m0/s1. The summed E-state index contributed by atoms with van der Waals surface area (Å²) in [5.41, 5.74) is 6.21. The number of benzene rings is 1. The number of nitrogens with two attached hydrogens (primary N) is 1. The first-order valence-electron chi connectivity index (χ1n) is 4.84. The Kier molecular flexibility index (Phi) is 3.03. The Morgan fingerprint density at radius 2 is 2.00 bits per heavy atom. The van der Waals surface area contributed by atoms with Crippen molar-refractivity contribution < 1.29 is 8.78 Å². The lowest BCUT2D eigenvalue weighted by Crippen LogP contribution is -2.15. The zero-order valence-corrected chi connectivity index (χ0v) is 9.52. The van der Waals surface area contributed by atoms with Crippen molar-refractivity contribution in [2.75, 3.05) is 0 Å². The average Bonchev–Trinajstić information content (AvgIpc) is 2.77. The van der Waals surface area contributed by atoms with E-state index in [2.05, 4.69) is 0 Å². The van der Waals surface area contributed by atoms with Crippen LogP contribution in [0.15, 0.2) is 29.6 Å². The summed E-state index contributed by atoms with van der Waals surface area (Å²) >= 11 is 1.39. The molecule has 1 atom stereocenters. The van der Waals surface area contributed by atoms with Crippen LogP contribution in [0.1, 0.15) is 22.0 Å². The highest BCUT2D eigenvalue weighted by atomic mass is 32.1. The van der Waals surface area contributed by atoms with Gasteiger partial charge in [-0.2, -0.15) is 0 Å². The molecular formula is C12H11F2NS. The molecule has 2 aromatic rings. The highest BCUT2D eigenvalue weighted by molar-refractivity contribution is 7.10. The topological polar surface area (TPSA) is 26.0 Å². The van der Waals surface area contributed by atoms with E-state index in [1.54, 1.807) is 13.0 Å². The predicted molar refractivity (Wildman–Crippen MR) is 61.4 cm³/mol. The fraction of sp³-hybridized carbons (Fsp3) is 0.167. The van der Waals surface area contributed by atoms with Crippen molar-refractivity contribution in [1.82, 2.24) is 0 Å². The molecule has 0 aliphatic rings. The van der Waals surface area contributed by atoms with Gasteiger partial charge in [-0.05, 0) is 30.0 Å². The van der Waals surface area contributed by atoms with E-state index in [-0.39, 0.29) is 5.56 Å². The summed E-state index contributed by atoms with van der Waals surface area (Å²) in [6, 6.07) is 5.51. The number of rotatable bonds is 2. The molecule has 0 aliphatic heterocycles. The SMILES string of the molecule is Cc1ccc(F)c([C@@H](N)c2cccs2)c1F. The molecule has 1 nitrogen and oxygen atoms in total. The smallest absolute Gasteiger partial charge is 0.134 e. The van der Waals surface area contributed by atoms with Crippen molar-refractivity contribution in [2.45, 2.75) is 13.0 Å². The molecule has 2 rings (SSSR count). The lowest BCUT2D eigenvalue weighted by Gasteiger charge is -2.13. The molecule has 0 saturated carbocycles. The van der Waals surface area contributed by atoms with E-state index in [0.717, 1.165) is 4.88 Å². The third-order valence-electron chi connectivity index (χ3n) is 2.48. The summed E-state index contributed by atoms with van der Waals surface area (Å²) in [5.74, 6) is -1.15. The molecule has 0 fully saturated rings.